The molecule has 2 unspecified atom stereocenters. The van der Waals surface area contributed by atoms with Crippen LogP contribution < -0.4 is 0 Å². The third-order valence-electron chi connectivity index (χ3n) is 3.54. The summed E-state index contributed by atoms with van der Waals surface area (Å²) in [4.78, 5) is 3.85. The molecule has 17 heavy (non-hydrogen) atoms. The molecule has 2 atom stereocenters. The van der Waals surface area contributed by atoms with Crippen LogP contribution in [0.3, 0.4) is 0 Å². The maximum atomic E-state index is 2.46. The molecule has 1 aliphatic heterocycles. The molecule has 1 aliphatic rings. The van der Waals surface area contributed by atoms with Crippen molar-refractivity contribution in [2.75, 3.05) is 20.1 Å². The van der Waals surface area contributed by atoms with Crippen LogP contribution in [0.5, 0.6) is 0 Å². The SMILES string of the molecule is CCCCC1CN(C)CC1C.Cc1cccs1. The summed E-state index contributed by atoms with van der Waals surface area (Å²) in [5.41, 5.74) is 0. The van der Waals surface area contributed by atoms with Gasteiger partial charge in [-0.2, -0.15) is 0 Å². The van der Waals surface area contributed by atoms with E-state index in [4.69, 9.17) is 0 Å². The Hall–Kier alpha value is -0.340. The molecule has 1 saturated heterocycles. The Labute approximate surface area is 111 Å². The Balaban J connectivity index is 0.000000202. The van der Waals surface area contributed by atoms with Crippen molar-refractivity contribution >= 4 is 11.3 Å². The Bertz CT molecular complexity index is 281. The first kappa shape index (κ1) is 14.7. The molecule has 0 aromatic carbocycles. The molecule has 1 aromatic heterocycles. The minimum Gasteiger partial charge on any atom is -0.306 e. The summed E-state index contributed by atoms with van der Waals surface area (Å²) in [5, 5.41) is 2.08. The molecular formula is C15H27NS. The predicted octanol–water partition coefficient (Wildman–Crippen LogP) is 4.43. The molecule has 0 aliphatic carbocycles. The van der Waals surface area contributed by atoms with Crippen LogP contribution in [-0.4, -0.2) is 25.0 Å². The van der Waals surface area contributed by atoms with Crippen molar-refractivity contribution in [1.29, 1.82) is 0 Å². The van der Waals surface area contributed by atoms with E-state index in [0.717, 1.165) is 11.8 Å². The zero-order valence-corrected chi connectivity index (χ0v) is 12.6. The molecule has 2 heteroatoms. The van der Waals surface area contributed by atoms with Crippen molar-refractivity contribution in [2.45, 2.75) is 40.0 Å². The van der Waals surface area contributed by atoms with Gasteiger partial charge in [-0.3, -0.25) is 0 Å². The summed E-state index contributed by atoms with van der Waals surface area (Å²) in [6, 6.07) is 4.16. The molecule has 0 spiro atoms. The third-order valence-corrected chi connectivity index (χ3v) is 4.34. The molecule has 1 aromatic rings. The van der Waals surface area contributed by atoms with Gasteiger partial charge >= 0.3 is 0 Å². The number of aryl methyl sites for hydroxylation is 1. The van der Waals surface area contributed by atoms with Gasteiger partial charge in [0.25, 0.3) is 0 Å². The van der Waals surface area contributed by atoms with E-state index in [2.05, 4.69) is 50.2 Å². The lowest BCUT2D eigenvalue weighted by Gasteiger charge is -2.12. The first-order valence-electron chi connectivity index (χ1n) is 6.82. The normalized spacial score (nSPS) is 24.5. The largest absolute Gasteiger partial charge is 0.306 e. The Morgan fingerprint density at radius 2 is 2.18 bits per heavy atom. The van der Waals surface area contributed by atoms with E-state index < -0.39 is 0 Å². The summed E-state index contributed by atoms with van der Waals surface area (Å²) in [7, 11) is 2.24. The number of hydrogen-bond donors (Lipinski definition) is 0. The molecular weight excluding hydrogens is 226 g/mol. The van der Waals surface area contributed by atoms with Gasteiger partial charge in [-0.1, -0.05) is 32.8 Å². The lowest BCUT2D eigenvalue weighted by molar-refractivity contribution is 0.382. The monoisotopic (exact) mass is 253 g/mol. The van der Waals surface area contributed by atoms with Crippen molar-refractivity contribution in [3.8, 4) is 0 Å². The number of unbranched alkanes of at least 4 members (excludes halogenated alkanes) is 1. The van der Waals surface area contributed by atoms with Gasteiger partial charge < -0.3 is 4.90 Å². The quantitative estimate of drug-likeness (QED) is 0.770. The summed E-state index contributed by atoms with van der Waals surface area (Å²) in [6.45, 7) is 9.42. The highest BCUT2D eigenvalue weighted by molar-refractivity contribution is 7.09. The highest BCUT2D eigenvalue weighted by Gasteiger charge is 2.25. The Morgan fingerprint density at radius 1 is 1.41 bits per heavy atom. The standard InChI is InChI=1S/C10H21N.C5H6S/c1-4-5-6-10-8-11(3)7-9(10)2;1-5-3-2-4-6-5/h9-10H,4-8H2,1-3H3;2-4H,1H3. The maximum Gasteiger partial charge on any atom is 0.00141 e. The molecule has 0 amide bonds. The van der Waals surface area contributed by atoms with Crippen LogP contribution in [0.15, 0.2) is 17.5 Å². The minimum absolute atomic E-state index is 0.937. The smallest absolute Gasteiger partial charge is 0.00141 e. The van der Waals surface area contributed by atoms with Crippen molar-refractivity contribution in [1.82, 2.24) is 4.90 Å². The summed E-state index contributed by atoms with van der Waals surface area (Å²) in [6.07, 6.45) is 4.22. The fourth-order valence-corrected chi connectivity index (χ4v) is 3.03. The first-order valence-corrected chi connectivity index (χ1v) is 7.70. The van der Waals surface area contributed by atoms with Crippen molar-refractivity contribution in [2.24, 2.45) is 11.8 Å². The number of rotatable bonds is 3. The van der Waals surface area contributed by atoms with Gasteiger partial charge in [-0.25, -0.2) is 0 Å². The fourth-order valence-electron chi connectivity index (χ4n) is 2.50. The van der Waals surface area contributed by atoms with Crippen molar-refractivity contribution in [3.05, 3.63) is 22.4 Å². The predicted molar refractivity (Wildman–Crippen MR) is 78.7 cm³/mol. The number of likely N-dealkylation sites (tertiary alicyclic amines) is 1. The lowest BCUT2D eigenvalue weighted by atomic mass is 9.93. The summed E-state index contributed by atoms with van der Waals surface area (Å²) in [5.74, 6) is 1.92. The minimum atomic E-state index is 0.937. The maximum absolute atomic E-state index is 2.46. The fraction of sp³-hybridized carbons (Fsp3) is 0.733. The van der Waals surface area contributed by atoms with Crippen LogP contribution in [-0.2, 0) is 0 Å². The summed E-state index contributed by atoms with van der Waals surface area (Å²) >= 11 is 1.78. The number of nitrogens with zero attached hydrogens (tertiary/aromatic N) is 1. The van der Waals surface area contributed by atoms with Gasteiger partial charge in [-0.15, -0.1) is 11.3 Å². The zero-order chi connectivity index (χ0) is 12.7. The third kappa shape index (κ3) is 5.69. The average molecular weight is 253 g/mol. The second-order valence-electron chi connectivity index (χ2n) is 5.32. The molecule has 0 N–H and O–H groups in total. The van der Waals surface area contributed by atoms with Gasteiger partial charge in [0.05, 0.1) is 0 Å². The second-order valence-corrected chi connectivity index (χ2v) is 6.48. The van der Waals surface area contributed by atoms with Crippen LogP contribution in [0.25, 0.3) is 0 Å². The average Bonchev–Trinajstić information content (AvgIpc) is 2.86. The number of thiophene rings is 1. The molecule has 2 heterocycles. The second kappa shape index (κ2) is 7.88. The van der Waals surface area contributed by atoms with Crippen LogP contribution in [0.2, 0.25) is 0 Å². The molecule has 1 nitrogen and oxygen atoms in total. The summed E-state index contributed by atoms with van der Waals surface area (Å²) < 4.78 is 0. The topological polar surface area (TPSA) is 3.24 Å². The highest BCUT2D eigenvalue weighted by atomic mass is 32.1. The molecule has 2 rings (SSSR count). The van der Waals surface area contributed by atoms with E-state index in [-0.39, 0.29) is 0 Å². The number of hydrogen-bond acceptors (Lipinski definition) is 2. The van der Waals surface area contributed by atoms with Crippen LogP contribution >= 0.6 is 11.3 Å². The highest BCUT2D eigenvalue weighted by Crippen LogP contribution is 2.25. The Kier molecular flexibility index (Phi) is 6.83. The van der Waals surface area contributed by atoms with E-state index in [1.165, 1.54) is 37.2 Å². The molecule has 98 valence electrons. The van der Waals surface area contributed by atoms with E-state index in [0.29, 0.717) is 0 Å². The molecule has 0 bridgehead atoms. The van der Waals surface area contributed by atoms with Crippen LogP contribution in [0.1, 0.15) is 38.0 Å². The molecule has 1 fully saturated rings. The Morgan fingerprint density at radius 3 is 2.53 bits per heavy atom. The van der Waals surface area contributed by atoms with Gasteiger partial charge in [0.1, 0.15) is 0 Å². The van der Waals surface area contributed by atoms with E-state index >= 15 is 0 Å². The van der Waals surface area contributed by atoms with Crippen molar-refractivity contribution < 1.29 is 0 Å². The molecule has 0 saturated carbocycles. The van der Waals surface area contributed by atoms with E-state index in [1.807, 2.05) is 0 Å². The van der Waals surface area contributed by atoms with Crippen molar-refractivity contribution in [3.63, 3.8) is 0 Å². The van der Waals surface area contributed by atoms with Gasteiger partial charge in [0.15, 0.2) is 0 Å². The van der Waals surface area contributed by atoms with E-state index in [9.17, 15) is 0 Å². The van der Waals surface area contributed by atoms with Crippen LogP contribution in [0.4, 0.5) is 0 Å². The lowest BCUT2D eigenvalue weighted by Crippen LogP contribution is -2.13. The van der Waals surface area contributed by atoms with Crippen LogP contribution in [0, 0.1) is 18.8 Å². The van der Waals surface area contributed by atoms with Gasteiger partial charge in [0.2, 0.25) is 0 Å². The molecule has 0 radical (unpaired) electrons. The first-order chi connectivity index (χ1) is 8.13. The van der Waals surface area contributed by atoms with E-state index in [1.54, 1.807) is 11.3 Å². The van der Waals surface area contributed by atoms with Gasteiger partial charge in [0, 0.05) is 18.0 Å². The zero-order valence-electron chi connectivity index (χ0n) is 11.8. The van der Waals surface area contributed by atoms with Gasteiger partial charge in [-0.05, 0) is 43.7 Å².